The Kier molecular flexibility index (Phi) is 5.58. The molecule has 110 valence electrons. The number of sulfonamides is 1. The number of aryl methyl sites for hydroxylation is 2. The number of hydrogen-bond donors (Lipinski definition) is 1. The predicted octanol–water partition coefficient (Wildman–Crippen LogP) is 2.20. The molecular weight excluding hydrogens is 266 g/mol. The first-order chi connectivity index (χ1) is 8.86. The molecule has 1 heterocycles. The van der Waals surface area contributed by atoms with Gasteiger partial charge in [-0.1, -0.05) is 19.8 Å². The standard InChI is InChI=1S/C13H23NO4S/c1-5-6-7-8-14(4)19(16,17)13-11(3)18-10(2)12(13)9-15/h15H,5-9H2,1-4H3. The van der Waals surface area contributed by atoms with Gasteiger partial charge in [-0.2, -0.15) is 0 Å². The first-order valence-corrected chi connectivity index (χ1v) is 7.96. The number of nitrogens with zero attached hydrogens (tertiary/aromatic N) is 1. The fourth-order valence-corrected chi connectivity index (χ4v) is 3.70. The lowest BCUT2D eigenvalue weighted by molar-refractivity contribution is 0.276. The predicted molar refractivity (Wildman–Crippen MR) is 73.4 cm³/mol. The van der Waals surface area contributed by atoms with Crippen LogP contribution in [-0.4, -0.2) is 31.4 Å². The van der Waals surface area contributed by atoms with Crippen molar-refractivity contribution in [3.05, 3.63) is 17.1 Å². The van der Waals surface area contributed by atoms with E-state index in [9.17, 15) is 13.5 Å². The normalized spacial score (nSPS) is 12.3. The van der Waals surface area contributed by atoms with Crippen LogP contribution in [0.25, 0.3) is 0 Å². The molecule has 0 aliphatic rings. The van der Waals surface area contributed by atoms with Gasteiger partial charge in [-0.3, -0.25) is 0 Å². The highest BCUT2D eigenvalue weighted by Gasteiger charge is 2.29. The van der Waals surface area contributed by atoms with Crippen molar-refractivity contribution in [3.8, 4) is 0 Å². The third-order valence-electron chi connectivity index (χ3n) is 3.23. The Morgan fingerprint density at radius 1 is 1.21 bits per heavy atom. The van der Waals surface area contributed by atoms with Gasteiger partial charge in [0.2, 0.25) is 10.0 Å². The topological polar surface area (TPSA) is 70.8 Å². The van der Waals surface area contributed by atoms with Crippen LogP contribution in [-0.2, 0) is 16.6 Å². The summed E-state index contributed by atoms with van der Waals surface area (Å²) in [6, 6.07) is 0. The Morgan fingerprint density at radius 2 is 1.84 bits per heavy atom. The summed E-state index contributed by atoms with van der Waals surface area (Å²) in [6.45, 7) is 5.49. The molecule has 0 fully saturated rings. The molecule has 1 N–H and O–H groups in total. The zero-order valence-electron chi connectivity index (χ0n) is 12.1. The van der Waals surface area contributed by atoms with Crippen LogP contribution in [0.5, 0.6) is 0 Å². The van der Waals surface area contributed by atoms with Crippen molar-refractivity contribution in [1.29, 1.82) is 0 Å². The number of furan rings is 1. The Labute approximate surface area is 115 Å². The first-order valence-electron chi connectivity index (χ1n) is 6.52. The number of aliphatic hydroxyl groups excluding tert-OH is 1. The first kappa shape index (κ1) is 16.2. The minimum absolute atomic E-state index is 0.117. The van der Waals surface area contributed by atoms with Crippen LogP contribution in [0.3, 0.4) is 0 Å². The largest absolute Gasteiger partial charge is 0.465 e. The molecule has 0 bridgehead atoms. The number of hydrogen-bond acceptors (Lipinski definition) is 4. The molecule has 0 unspecified atom stereocenters. The van der Waals surface area contributed by atoms with Crippen LogP contribution in [0.15, 0.2) is 9.31 Å². The van der Waals surface area contributed by atoms with Gasteiger partial charge in [0, 0.05) is 19.2 Å². The molecule has 0 atom stereocenters. The SMILES string of the molecule is CCCCCN(C)S(=O)(=O)c1c(C)oc(C)c1CO. The number of rotatable bonds is 7. The zero-order chi connectivity index (χ0) is 14.6. The van der Waals surface area contributed by atoms with Gasteiger partial charge in [0.15, 0.2) is 0 Å². The van der Waals surface area contributed by atoms with Crippen LogP contribution in [0.2, 0.25) is 0 Å². The Balaban J connectivity index is 3.06. The molecule has 5 nitrogen and oxygen atoms in total. The second kappa shape index (κ2) is 6.54. The number of aliphatic hydroxyl groups is 1. The second-order valence-corrected chi connectivity index (χ2v) is 6.70. The van der Waals surface area contributed by atoms with Gasteiger partial charge in [0.05, 0.1) is 6.61 Å². The molecule has 0 radical (unpaired) electrons. The van der Waals surface area contributed by atoms with Crippen molar-refractivity contribution < 1.29 is 17.9 Å². The maximum absolute atomic E-state index is 12.5. The summed E-state index contributed by atoms with van der Waals surface area (Å²) >= 11 is 0. The van der Waals surface area contributed by atoms with E-state index >= 15 is 0 Å². The van der Waals surface area contributed by atoms with E-state index in [0.29, 0.717) is 23.6 Å². The zero-order valence-corrected chi connectivity index (χ0v) is 12.9. The highest BCUT2D eigenvalue weighted by atomic mass is 32.2. The molecule has 6 heteroatoms. The summed E-state index contributed by atoms with van der Waals surface area (Å²) < 4.78 is 31.7. The van der Waals surface area contributed by atoms with Crippen LogP contribution in [0.4, 0.5) is 0 Å². The average molecular weight is 289 g/mol. The van der Waals surface area contributed by atoms with E-state index < -0.39 is 10.0 Å². The fraction of sp³-hybridized carbons (Fsp3) is 0.692. The van der Waals surface area contributed by atoms with Crippen LogP contribution in [0, 0.1) is 13.8 Å². The molecule has 0 spiro atoms. The van der Waals surface area contributed by atoms with E-state index in [1.54, 1.807) is 20.9 Å². The van der Waals surface area contributed by atoms with Crippen molar-refractivity contribution in [2.75, 3.05) is 13.6 Å². The highest BCUT2D eigenvalue weighted by molar-refractivity contribution is 7.89. The molecule has 19 heavy (non-hydrogen) atoms. The molecule has 0 aliphatic carbocycles. The van der Waals surface area contributed by atoms with Gasteiger partial charge in [-0.05, 0) is 20.3 Å². The van der Waals surface area contributed by atoms with Crippen molar-refractivity contribution in [3.63, 3.8) is 0 Å². The van der Waals surface area contributed by atoms with E-state index in [2.05, 4.69) is 6.92 Å². The second-order valence-electron chi connectivity index (χ2n) is 4.71. The summed E-state index contributed by atoms with van der Waals surface area (Å²) in [7, 11) is -2.03. The summed E-state index contributed by atoms with van der Waals surface area (Å²) in [6.07, 6.45) is 2.87. The maximum atomic E-state index is 12.5. The third kappa shape index (κ3) is 3.38. The molecule has 0 aromatic carbocycles. The summed E-state index contributed by atoms with van der Waals surface area (Å²) in [5, 5.41) is 9.33. The van der Waals surface area contributed by atoms with Gasteiger partial charge in [-0.15, -0.1) is 0 Å². The highest BCUT2D eigenvalue weighted by Crippen LogP contribution is 2.28. The quantitative estimate of drug-likeness (QED) is 0.781. The minimum atomic E-state index is -3.59. The van der Waals surface area contributed by atoms with Crippen molar-refractivity contribution in [2.45, 2.75) is 51.5 Å². The molecule has 1 rings (SSSR count). The van der Waals surface area contributed by atoms with Crippen molar-refractivity contribution >= 4 is 10.0 Å². The van der Waals surface area contributed by atoms with Gasteiger partial charge >= 0.3 is 0 Å². The molecule has 0 aliphatic heterocycles. The van der Waals surface area contributed by atoms with E-state index in [-0.39, 0.29) is 11.5 Å². The van der Waals surface area contributed by atoms with Gasteiger partial charge in [0.1, 0.15) is 16.4 Å². The fourth-order valence-electron chi connectivity index (χ4n) is 2.09. The lowest BCUT2D eigenvalue weighted by Gasteiger charge is -2.17. The third-order valence-corrected chi connectivity index (χ3v) is 5.28. The van der Waals surface area contributed by atoms with Gasteiger partial charge in [0.25, 0.3) is 0 Å². The molecule has 0 saturated carbocycles. The van der Waals surface area contributed by atoms with Crippen LogP contribution < -0.4 is 0 Å². The van der Waals surface area contributed by atoms with Crippen LogP contribution >= 0.6 is 0 Å². The van der Waals surface area contributed by atoms with Crippen LogP contribution in [0.1, 0.15) is 43.3 Å². The van der Waals surface area contributed by atoms with E-state index in [1.165, 1.54) is 4.31 Å². The van der Waals surface area contributed by atoms with E-state index in [4.69, 9.17) is 4.42 Å². The van der Waals surface area contributed by atoms with Crippen molar-refractivity contribution in [2.24, 2.45) is 0 Å². The lowest BCUT2D eigenvalue weighted by Crippen LogP contribution is -2.29. The summed E-state index contributed by atoms with van der Waals surface area (Å²) in [5.41, 5.74) is 0.361. The van der Waals surface area contributed by atoms with Gasteiger partial charge in [-0.25, -0.2) is 12.7 Å². The Morgan fingerprint density at radius 3 is 2.37 bits per heavy atom. The number of unbranched alkanes of at least 4 members (excludes halogenated alkanes) is 2. The molecular formula is C13H23NO4S. The molecule has 0 saturated heterocycles. The Hall–Kier alpha value is -0.850. The summed E-state index contributed by atoms with van der Waals surface area (Å²) in [5.74, 6) is 0.796. The van der Waals surface area contributed by atoms with E-state index in [1.807, 2.05) is 0 Å². The van der Waals surface area contributed by atoms with Gasteiger partial charge < -0.3 is 9.52 Å². The smallest absolute Gasteiger partial charge is 0.246 e. The maximum Gasteiger partial charge on any atom is 0.246 e. The minimum Gasteiger partial charge on any atom is -0.465 e. The molecule has 1 aromatic rings. The summed E-state index contributed by atoms with van der Waals surface area (Å²) in [4.78, 5) is 0.117. The average Bonchev–Trinajstić information content (AvgIpc) is 2.64. The Bertz CT molecular complexity index is 519. The lowest BCUT2D eigenvalue weighted by atomic mass is 10.2. The van der Waals surface area contributed by atoms with Crippen molar-refractivity contribution in [1.82, 2.24) is 4.31 Å². The molecule has 0 amide bonds. The van der Waals surface area contributed by atoms with E-state index in [0.717, 1.165) is 19.3 Å². The monoisotopic (exact) mass is 289 g/mol. The molecule has 1 aromatic heterocycles.